The number of carbonyl (C=O) groups is 2. The lowest BCUT2D eigenvalue weighted by molar-refractivity contribution is -0.142. The fraction of sp³-hybridized carbons (Fsp3) is 0.500. The molecule has 2 atom stereocenters. The predicted octanol–water partition coefficient (Wildman–Crippen LogP) is 1.47. The van der Waals surface area contributed by atoms with Crippen LogP contribution in [-0.2, 0) is 16.0 Å². The van der Waals surface area contributed by atoms with Crippen molar-refractivity contribution >= 4 is 11.9 Å². The number of hydrogen-bond donors (Lipinski definition) is 1. The number of carboxylic acids is 1. The van der Waals surface area contributed by atoms with E-state index in [1.54, 1.807) is 9.58 Å². The monoisotopic (exact) mass is 357 g/mol. The van der Waals surface area contributed by atoms with Crippen molar-refractivity contribution in [2.45, 2.75) is 33.1 Å². The second kappa shape index (κ2) is 7.63. The van der Waals surface area contributed by atoms with E-state index < -0.39 is 11.9 Å². The summed E-state index contributed by atoms with van der Waals surface area (Å²) in [6, 6.07) is 7.50. The number of amides is 1. The topological polar surface area (TPSA) is 101 Å². The molecule has 1 N–H and O–H groups in total. The Kier molecular flexibility index (Phi) is 5.29. The molecule has 0 unspecified atom stereocenters. The van der Waals surface area contributed by atoms with Crippen molar-refractivity contribution in [2.24, 2.45) is 11.8 Å². The third-order valence-corrected chi connectivity index (χ3v) is 4.93. The zero-order chi connectivity index (χ0) is 18.7. The number of carbonyl (C=O) groups excluding carboxylic acids is 1. The lowest BCUT2D eigenvalue weighted by Gasteiger charge is -2.16. The predicted molar refractivity (Wildman–Crippen MR) is 93.7 cm³/mol. The highest BCUT2D eigenvalue weighted by Gasteiger charge is 2.38. The van der Waals surface area contributed by atoms with Gasteiger partial charge >= 0.3 is 5.97 Å². The molecule has 1 aliphatic rings. The molecule has 3 rings (SSSR count). The van der Waals surface area contributed by atoms with E-state index in [1.165, 1.54) is 0 Å². The van der Waals surface area contributed by atoms with Gasteiger partial charge in [-0.3, -0.25) is 9.59 Å². The van der Waals surface area contributed by atoms with Crippen LogP contribution in [0, 0.1) is 18.8 Å². The van der Waals surface area contributed by atoms with Gasteiger partial charge in [-0.2, -0.15) is 4.68 Å². The zero-order valence-corrected chi connectivity index (χ0v) is 15.0. The molecule has 138 valence electrons. The smallest absolute Gasteiger partial charge is 0.308 e. The summed E-state index contributed by atoms with van der Waals surface area (Å²) in [6.07, 6.45) is 2.02. The first-order valence-electron chi connectivity index (χ1n) is 8.84. The molecule has 1 aromatic carbocycles. The normalized spacial score (nSPS) is 19.7. The number of aromatic nitrogens is 4. The Balaban J connectivity index is 1.65. The molecular formula is C18H23N5O3. The van der Waals surface area contributed by atoms with Crippen molar-refractivity contribution in [1.82, 2.24) is 25.1 Å². The van der Waals surface area contributed by atoms with Gasteiger partial charge in [-0.15, -0.1) is 5.10 Å². The molecule has 0 aliphatic carbocycles. The summed E-state index contributed by atoms with van der Waals surface area (Å²) in [5, 5.41) is 20.8. The minimum absolute atomic E-state index is 0.0267. The molecule has 0 spiro atoms. The molecule has 2 aromatic rings. The quantitative estimate of drug-likeness (QED) is 0.840. The molecule has 0 radical (unpaired) electrons. The fourth-order valence-corrected chi connectivity index (χ4v) is 3.53. The van der Waals surface area contributed by atoms with Gasteiger partial charge in [0, 0.05) is 13.1 Å². The van der Waals surface area contributed by atoms with E-state index in [4.69, 9.17) is 0 Å². The van der Waals surface area contributed by atoms with Crippen molar-refractivity contribution < 1.29 is 14.7 Å². The Morgan fingerprint density at radius 2 is 1.96 bits per heavy atom. The van der Waals surface area contributed by atoms with E-state index in [0.29, 0.717) is 18.9 Å². The van der Waals surface area contributed by atoms with Crippen molar-refractivity contribution in [2.75, 3.05) is 13.1 Å². The summed E-state index contributed by atoms with van der Waals surface area (Å²) in [6.45, 7) is 4.69. The van der Waals surface area contributed by atoms with Crippen LogP contribution in [0.1, 0.15) is 31.2 Å². The van der Waals surface area contributed by atoms with Crippen molar-refractivity contribution in [3.05, 3.63) is 35.7 Å². The second-order valence-electron chi connectivity index (χ2n) is 6.77. The Morgan fingerprint density at radius 1 is 1.23 bits per heavy atom. The number of benzene rings is 1. The van der Waals surface area contributed by atoms with Gasteiger partial charge in [0.2, 0.25) is 5.91 Å². The molecule has 8 nitrogen and oxygen atoms in total. The molecule has 1 saturated heterocycles. The average molecular weight is 357 g/mol. The second-order valence-corrected chi connectivity index (χ2v) is 6.77. The lowest BCUT2D eigenvalue weighted by atomic mass is 9.92. The van der Waals surface area contributed by atoms with Gasteiger partial charge in [0.05, 0.1) is 18.0 Å². The summed E-state index contributed by atoms with van der Waals surface area (Å²) in [5.41, 5.74) is 1.72. The van der Waals surface area contributed by atoms with E-state index in [1.807, 2.05) is 38.1 Å². The van der Waals surface area contributed by atoms with E-state index in [2.05, 4.69) is 15.5 Å². The minimum atomic E-state index is -0.806. The first-order valence-corrected chi connectivity index (χ1v) is 8.84. The maximum absolute atomic E-state index is 12.6. The Hall–Kier alpha value is -2.77. The van der Waals surface area contributed by atoms with E-state index >= 15 is 0 Å². The number of nitrogens with zero attached hydrogens (tertiary/aromatic N) is 5. The van der Waals surface area contributed by atoms with Gasteiger partial charge in [0.15, 0.2) is 5.82 Å². The molecule has 0 bridgehead atoms. The number of aliphatic carboxylic acids is 1. The molecule has 8 heteroatoms. The van der Waals surface area contributed by atoms with Gasteiger partial charge in [-0.1, -0.05) is 25.5 Å². The van der Waals surface area contributed by atoms with Crippen LogP contribution in [0.5, 0.6) is 0 Å². The van der Waals surface area contributed by atoms with Gasteiger partial charge in [0.25, 0.3) is 0 Å². The van der Waals surface area contributed by atoms with Crippen LogP contribution >= 0.6 is 0 Å². The molecule has 26 heavy (non-hydrogen) atoms. The van der Waals surface area contributed by atoms with Crippen molar-refractivity contribution in [3.8, 4) is 5.69 Å². The maximum Gasteiger partial charge on any atom is 0.308 e. The van der Waals surface area contributed by atoms with Crippen LogP contribution in [-0.4, -0.2) is 55.2 Å². The summed E-state index contributed by atoms with van der Waals surface area (Å²) >= 11 is 0. The first kappa shape index (κ1) is 18.0. The SMILES string of the molecule is CCC[C@H]1CN(C(=O)Cc2ccc(-n3nnnc3C)cc2)C[C@@H]1C(=O)O. The number of likely N-dealkylation sites (tertiary alicyclic amines) is 1. The summed E-state index contributed by atoms with van der Waals surface area (Å²) < 4.78 is 1.62. The average Bonchev–Trinajstić information content (AvgIpc) is 3.22. The zero-order valence-electron chi connectivity index (χ0n) is 15.0. The number of rotatable bonds is 6. The van der Waals surface area contributed by atoms with Crippen LogP contribution in [0.3, 0.4) is 0 Å². The highest BCUT2D eigenvalue weighted by atomic mass is 16.4. The summed E-state index contributed by atoms with van der Waals surface area (Å²) in [4.78, 5) is 25.7. The van der Waals surface area contributed by atoms with Crippen LogP contribution in [0.15, 0.2) is 24.3 Å². The molecule has 1 aliphatic heterocycles. The highest BCUT2D eigenvalue weighted by Crippen LogP contribution is 2.28. The maximum atomic E-state index is 12.6. The van der Waals surface area contributed by atoms with Crippen molar-refractivity contribution in [3.63, 3.8) is 0 Å². The van der Waals surface area contributed by atoms with Crippen molar-refractivity contribution in [1.29, 1.82) is 0 Å². The van der Waals surface area contributed by atoms with E-state index in [-0.39, 0.29) is 18.2 Å². The third kappa shape index (κ3) is 3.74. The van der Waals surface area contributed by atoms with Gasteiger partial charge in [-0.05, 0) is 47.4 Å². The number of hydrogen-bond acceptors (Lipinski definition) is 5. The number of carboxylic acid groups (broad SMARTS) is 1. The molecule has 0 saturated carbocycles. The fourth-order valence-electron chi connectivity index (χ4n) is 3.53. The summed E-state index contributed by atoms with van der Waals surface area (Å²) in [7, 11) is 0. The minimum Gasteiger partial charge on any atom is -0.481 e. The first-order chi connectivity index (χ1) is 12.5. The molecule has 1 aromatic heterocycles. The van der Waals surface area contributed by atoms with E-state index in [0.717, 1.165) is 24.1 Å². The lowest BCUT2D eigenvalue weighted by Crippen LogP contribution is -2.31. The largest absolute Gasteiger partial charge is 0.481 e. The highest BCUT2D eigenvalue weighted by molar-refractivity contribution is 5.81. The van der Waals surface area contributed by atoms with Crippen LogP contribution in [0.2, 0.25) is 0 Å². The Labute approximate surface area is 151 Å². The standard InChI is InChI=1S/C18H23N5O3/c1-3-4-14-10-22(11-16(14)18(25)26)17(24)9-13-5-7-15(8-6-13)23-12(2)19-20-21-23/h5-8,14,16H,3-4,9-11H2,1-2H3,(H,25,26)/t14-,16-/m0/s1. The Morgan fingerprint density at radius 3 is 2.54 bits per heavy atom. The van der Waals surface area contributed by atoms with Crippen LogP contribution in [0.4, 0.5) is 0 Å². The van der Waals surface area contributed by atoms with Crippen LogP contribution in [0.25, 0.3) is 5.69 Å². The molecule has 1 fully saturated rings. The molecule has 2 heterocycles. The number of aryl methyl sites for hydroxylation is 1. The van der Waals surface area contributed by atoms with Crippen LogP contribution < -0.4 is 0 Å². The van der Waals surface area contributed by atoms with E-state index in [9.17, 15) is 14.7 Å². The third-order valence-electron chi connectivity index (χ3n) is 4.93. The van der Waals surface area contributed by atoms with Gasteiger partial charge < -0.3 is 10.0 Å². The summed E-state index contributed by atoms with van der Waals surface area (Å²) in [5.74, 6) is -0.552. The Bertz CT molecular complexity index is 786. The molecule has 1 amide bonds. The number of tetrazole rings is 1. The van der Waals surface area contributed by atoms with Gasteiger partial charge in [-0.25, -0.2) is 0 Å². The molecular weight excluding hydrogens is 334 g/mol. The van der Waals surface area contributed by atoms with Gasteiger partial charge in [0.1, 0.15) is 0 Å².